The molecule has 98 valence electrons. The van der Waals surface area contributed by atoms with Crippen molar-refractivity contribution in [1.82, 2.24) is 4.90 Å². The summed E-state index contributed by atoms with van der Waals surface area (Å²) in [6.07, 6.45) is 3.42. The summed E-state index contributed by atoms with van der Waals surface area (Å²) < 4.78 is 5.21. The highest BCUT2D eigenvalue weighted by molar-refractivity contribution is 5.03. The van der Waals surface area contributed by atoms with Gasteiger partial charge in [0, 0.05) is 7.11 Å². The highest BCUT2D eigenvalue weighted by Crippen LogP contribution is 2.39. The number of likely N-dealkylation sites (N-methyl/N-ethyl adjacent to an activating group) is 1. The average molecular weight is 231 g/mol. The maximum Gasteiger partial charge on any atom is 0.0989 e. The molecule has 0 aromatic heterocycles. The first-order chi connectivity index (χ1) is 7.47. The second-order valence-electron chi connectivity index (χ2n) is 4.59. The Hall–Kier alpha value is -0.120. The van der Waals surface area contributed by atoms with E-state index in [1.54, 1.807) is 7.11 Å². The van der Waals surface area contributed by atoms with Crippen molar-refractivity contribution in [3.05, 3.63) is 0 Å². The van der Waals surface area contributed by atoms with Gasteiger partial charge >= 0.3 is 0 Å². The Bertz CT molecular complexity index is 186. The van der Waals surface area contributed by atoms with Crippen LogP contribution in [0.3, 0.4) is 0 Å². The van der Waals surface area contributed by atoms with Gasteiger partial charge in [0.05, 0.1) is 17.9 Å². The highest BCUT2D eigenvalue weighted by Gasteiger charge is 2.48. The van der Waals surface area contributed by atoms with E-state index in [0.717, 1.165) is 25.7 Å². The Morgan fingerprint density at radius 2 is 1.44 bits per heavy atom. The Morgan fingerprint density at radius 3 is 1.69 bits per heavy atom. The molecule has 0 aliphatic heterocycles. The molecule has 0 rings (SSSR count). The number of nitrogens with zero attached hydrogens (tertiary/aromatic N) is 1. The molecule has 0 atom stereocenters. The van der Waals surface area contributed by atoms with Crippen molar-refractivity contribution >= 4 is 0 Å². The maximum absolute atomic E-state index is 10.8. The number of aliphatic hydroxyl groups is 1. The largest absolute Gasteiger partial charge is 0.388 e. The van der Waals surface area contributed by atoms with E-state index in [1.807, 2.05) is 7.05 Å². The fraction of sp³-hybridized carbons (Fsp3) is 1.00. The quantitative estimate of drug-likeness (QED) is 0.652. The third kappa shape index (κ3) is 2.58. The van der Waals surface area contributed by atoms with Crippen LogP contribution in [0.2, 0.25) is 0 Å². The summed E-state index contributed by atoms with van der Waals surface area (Å²) in [6, 6.07) is 0. The van der Waals surface area contributed by atoms with Gasteiger partial charge in [0.1, 0.15) is 0 Å². The second-order valence-corrected chi connectivity index (χ2v) is 4.59. The molecule has 0 heterocycles. The fourth-order valence-electron chi connectivity index (χ4n) is 3.03. The molecule has 0 spiro atoms. The van der Waals surface area contributed by atoms with Gasteiger partial charge in [-0.15, -0.1) is 0 Å². The fourth-order valence-corrected chi connectivity index (χ4v) is 3.03. The van der Waals surface area contributed by atoms with E-state index in [2.05, 4.69) is 32.6 Å². The summed E-state index contributed by atoms with van der Waals surface area (Å²) in [4.78, 5) is 2.15. The molecule has 0 aromatic rings. The zero-order chi connectivity index (χ0) is 12.8. The van der Waals surface area contributed by atoms with Gasteiger partial charge in [0.25, 0.3) is 0 Å². The second kappa shape index (κ2) is 6.58. The Balaban J connectivity index is 5.21. The van der Waals surface area contributed by atoms with Crippen LogP contribution in [0.4, 0.5) is 0 Å². The van der Waals surface area contributed by atoms with E-state index in [0.29, 0.717) is 6.73 Å². The Labute approximate surface area is 101 Å². The maximum atomic E-state index is 10.8. The molecule has 0 amide bonds. The zero-order valence-electron chi connectivity index (χ0n) is 11.8. The number of hydrogen-bond donors (Lipinski definition) is 1. The lowest BCUT2D eigenvalue weighted by atomic mass is 9.71. The van der Waals surface area contributed by atoms with Crippen LogP contribution < -0.4 is 0 Å². The van der Waals surface area contributed by atoms with Gasteiger partial charge in [-0.05, 0) is 32.7 Å². The summed E-state index contributed by atoms with van der Waals surface area (Å²) in [7, 11) is 3.73. The van der Waals surface area contributed by atoms with E-state index in [-0.39, 0.29) is 5.54 Å². The van der Waals surface area contributed by atoms with Crippen LogP contribution in [0.1, 0.15) is 53.4 Å². The topological polar surface area (TPSA) is 32.7 Å². The molecule has 0 saturated heterocycles. The predicted octanol–water partition coefficient (Wildman–Crippen LogP) is 2.63. The first kappa shape index (κ1) is 15.9. The van der Waals surface area contributed by atoms with Crippen molar-refractivity contribution in [2.24, 2.45) is 0 Å². The summed E-state index contributed by atoms with van der Waals surface area (Å²) in [5.74, 6) is 0. The van der Waals surface area contributed by atoms with Gasteiger partial charge < -0.3 is 9.84 Å². The van der Waals surface area contributed by atoms with Gasteiger partial charge in [-0.2, -0.15) is 0 Å². The molecule has 0 aliphatic rings. The molecule has 3 nitrogen and oxygen atoms in total. The van der Waals surface area contributed by atoms with Crippen molar-refractivity contribution in [2.75, 3.05) is 20.9 Å². The lowest BCUT2D eigenvalue weighted by molar-refractivity contribution is -0.139. The molecule has 1 N–H and O–H groups in total. The lowest BCUT2D eigenvalue weighted by Gasteiger charge is -2.51. The normalized spacial score (nSPS) is 13.5. The smallest absolute Gasteiger partial charge is 0.0989 e. The first-order valence-electron chi connectivity index (χ1n) is 6.40. The van der Waals surface area contributed by atoms with E-state index >= 15 is 0 Å². The van der Waals surface area contributed by atoms with E-state index < -0.39 is 5.60 Å². The minimum absolute atomic E-state index is 0.188. The number of rotatable bonds is 8. The van der Waals surface area contributed by atoms with Gasteiger partial charge in [0.2, 0.25) is 0 Å². The van der Waals surface area contributed by atoms with Crippen molar-refractivity contribution < 1.29 is 9.84 Å². The van der Waals surface area contributed by atoms with Gasteiger partial charge in [-0.3, -0.25) is 4.90 Å². The van der Waals surface area contributed by atoms with Gasteiger partial charge in [0.15, 0.2) is 0 Å². The van der Waals surface area contributed by atoms with Gasteiger partial charge in [-0.1, -0.05) is 27.7 Å². The SMILES string of the molecule is CCC(O)(CC)C(CC)(CC)N(C)COC. The standard InChI is InChI=1S/C13H29NO2/c1-7-12(8-2,14(5)11-16-6)13(15,9-3)10-4/h15H,7-11H2,1-6H3. The average Bonchev–Trinajstić information content (AvgIpc) is 2.31. The summed E-state index contributed by atoms with van der Waals surface area (Å²) in [6.45, 7) is 8.97. The van der Waals surface area contributed by atoms with E-state index in [1.165, 1.54) is 0 Å². The molecule has 0 bridgehead atoms. The van der Waals surface area contributed by atoms with Crippen LogP contribution in [-0.4, -0.2) is 42.0 Å². The highest BCUT2D eigenvalue weighted by atomic mass is 16.5. The Kier molecular flexibility index (Phi) is 6.53. The first-order valence-corrected chi connectivity index (χ1v) is 6.40. The molecule has 0 unspecified atom stereocenters. The third-order valence-corrected chi connectivity index (χ3v) is 4.26. The number of ether oxygens (including phenoxy) is 1. The lowest BCUT2D eigenvalue weighted by Crippen LogP contribution is -2.62. The Morgan fingerprint density at radius 1 is 1.00 bits per heavy atom. The molecule has 16 heavy (non-hydrogen) atoms. The van der Waals surface area contributed by atoms with Crippen LogP contribution in [0.5, 0.6) is 0 Å². The molecule has 0 saturated carbocycles. The molecule has 0 aliphatic carbocycles. The van der Waals surface area contributed by atoms with Gasteiger partial charge in [-0.25, -0.2) is 0 Å². The van der Waals surface area contributed by atoms with Crippen LogP contribution >= 0.6 is 0 Å². The minimum atomic E-state index is -0.635. The summed E-state index contributed by atoms with van der Waals surface area (Å²) in [5.41, 5.74) is -0.823. The predicted molar refractivity (Wildman–Crippen MR) is 68.5 cm³/mol. The van der Waals surface area contributed by atoms with Crippen LogP contribution in [-0.2, 0) is 4.74 Å². The molecular weight excluding hydrogens is 202 g/mol. The molecule has 0 radical (unpaired) electrons. The molecule has 3 heteroatoms. The number of methoxy groups -OCH3 is 1. The van der Waals surface area contributed by atoms with Crippen LogP contribution in [0, 0.1) is 0 Å². The number of hydrogen-bond acceptors (Lipinski definition) is 3. The molecular formula is C13H29NO2. The minimum Gasteiger partial charge on any atom is -0.388 e. The van der Waals surface area contributed by atoms with Crippen LogP contribution in [0.15, 0.2) is 0 Å². The van der Waals surface area contributed by atoms with Crippen molar-refractivity contribution in [1.29, 1.82) is 0 Å². The molecule has 0 fully saturated rings. The van der Waals surface area contributed by atoms with Crippen molar-refractivity contribution in [3.63, 3.8) is 0 Å². The third-order valence-electron chi connectivity index (χ3n) is 4.26. The van der Waals surface area contributed by atoms with Crippen LogP contribution in [0.25, 0.3) is 0 Å². The van der Waals surface area contributed by atoms with E-state index in [4.69, 9.17) is 4.74 Å². The van der Waals surface area contributed by atoms with Crippen molar-refractivity contribution in [3.8, 4) is 0 Å². The van der Waals surface area contributed by atoms with E-state index in [9.17, 15) is 5.11 Å². The summed E-state index contributed by atoms with van der Waals surface area (Å²) in [5, 5.41) is 10.8. The zero-order valence-corrected chi connectivity index (χ0v) is 11.8. The molecule has 0 aromatic carbocycles. The van der Waals surface area contributed by atoms with Crippen molar-refractivity contribution in [2.45, 2.75) is 64.5 Å². The monoisotopic (exact) mass is 231 g/mol. The summed E-state index contributed by atoms with van der Waals surface area (Å²) >= 11 is 0.